The van der Waals surface area contributed by atoms with E-state index in [2.05, 4.69) is 5.32 Å². The molecule has 3 aromatic rings. The number of benzene rings is 3. The highest BCUT2D eigenvalue weighted by atomic mass is 35.5. The van der Waals surface area contributed by atoms with Crippen molar-refractivity contribution in [3.8, 4) is 11.1 Å². The van der Waals surface area contributed by atoms with Crippen LogP contribution in [0.5, 0.6) is 0 Å². The van der Waals surface area contributed by atoms with Gasteiger partial charge in [0, 0.05) is 5.02 Å². The molecule has 1 atom stereocenters. The van der Waals surface area contributed by atoms with Gasteiger partial charge in [0.2, 0.25) is 0 Å². The predicted molar refractivity (Wildman–Crippen MR) is 110 cm³/mol. The number of amides is 1. The average Bonchev–Trinajstić information content (AvgIpc) is 2.72. The van der Waals surface area contributed by atoms with Crippen LogP contribution in [-0.4, -0.2) is 18.5 Å². The lowest BCUT2D eigenvalue weighted by Crippen LogP contribution is -2.31. The summed E-state index contributed by atoms with van der Waals surface area (Å²) in [7, 11) is 0. The summed E-state index contributed by atoms with van der Waals surface area (Å²) >= 11 is 5.98. The normalized spacial score (nSPS) is 11.5. The second-order valence-electron chi connectivity index (χ2n) is 6.33. The first-order chi connectivity index (χ1) is 13.5. The zero-order chi connectivity index (χ0) is 19.9. The molecule has 5 heteroatoms. The van der Waals surface area contributed by atoms with Gasteiger partial charge in [0.1, 0.15) is 0 Å². The van der Waals surface area contributed by atoms with Crippen LogP contribution < -0.4 is 5.32 Å². The minimum Gasteiger partial charge on any atom is -0.452 e. The summed E-state index contributed by atoms with van der Waals surface area (Å²) in [5.41, 5.74) is 2.97. The van der Waals surface area contributed by atoms with Crippen molar-refractivity contribution < 1.29 is 14.3 Å². The van der Waals surface area contributed by atoms with Gasteiger partial charge in [-0.3, -0.25) is 4.79 Å². The number of hydrogen-bond acceptors (Lipinski definition) is 3. The van der Waals surface area contributed by atoms with Crippen LogP contribution in [0.2, 0.25) is 5.02 Å². The van der Waals surface area contributed by atoms with Crippen LogP contribution in [-0.2, 0) is 9.53 Å². The summed E-state index contributed by atoms with van der Waals surface area (Å²) in [6, 6.07) is 23.7. The Hall–Kier alpha value is -3.11. The molecule has 0 aromatic heterocycles. The molecule has 142 valence electrons. The topological polar surface area (TPSA) is 55.4 Å². The molecule has 0 fully saturated rings. The highest BCUT2D eigenvalue weighted by molar-refractivity contribution is 6.30. The first kappa shape index (κ1) is 19.6. The van der Waals surface area contributed by atoms with E-state index in [0.29, 0.717) is 10.6 Å². The maximum absolute atomic E-state index is 12.5. The molecule has 0 radical (unpaired) electrons. The van der Waals surface area contributed by atoms with Gasteiger partial charge in [-0.2, -0.15) is 0 Å². The molecule has 28 heavy (non-hydrogen) atoms. The zero-order valence-electron chi connectivity index (χ0n) is 15.4. The fourth-order valence-corrected chi connectivity index (χ4v) is 3.08. The van der Waals surface area contributed by atoms with Gasteiger partial charge in [-0.15, -0.1) is 0 Å². The molecule has 3 rings (SSSR count). The highest BCUT2D eigenvalue weighted by Gasteiger charge is 2.16. The van der Waals surface area contributed by atoms with Crippen molar-refractivity contribution in [2.45, 2.75) is 13.0 Å². The summed E-state index contributed by atoms with van der Waals surface area (Å²) < 4.78 is 5.24. The van der Waals surface area contributed by atoms with E-state index in [0.717, 1.165) is 16.7 Å². The van der Waals surface area contributed by atoms with Crippen LogP contribution in [0.3, 0.4) is 0 Å². The molecule has 1 amide bonds. The number of rotatable bonds is 6. The van der Waals surface area contributed by atoms with E-state index in [1.165, 1.54) is 0 Å². The summed E-state index contributed by atoms with van der Waals surface area (Å²) in [6.07, 6.45) is 0. The van der Waals surface area contributed by atoms with Crippen molar-refractivity contribution in [2.24, 2.45) is 0 Å². The Bertz CT molecular complexity index is 972. The summed E-state index contributed by atoms with van der Waals surface area (Å²) in [6.45, 7) is 1.49. The molecular formula is C23H20ClNO3. The Kier molecular flexibility index (Phi) is 6.45. The Labute approximate surface area is 169 Å². The van der Waals surface area contributed by atoms with Crippen molar-refractivity contribution in [2.75, 3.05) is 6.61 Å². The minimum atomic E-state index is -0.537. The van der Waals surface area contributed by atoms with Gasteiger partial charge >= 0.3 is 5.97 Å². The summed E-state index contributed by atoms with van der Waals surface area (Å²) in [5, 5.41) is 3.40. The van der Waals surface area contributed by atoms with E-state index in [1.54, 1.807) is 24.3 Å². The molecule has 0 spiro atoms. The largest absolute Gasteiger partial charge is 0.452 e. The number of esters is 1. The third kappa shape index (κ3) is 4.99. The van der Waals surface area contributed by atoms with E-state index in [1.807, 2.05) is 61.5 Å². The lowest BCUT2D eigenvalue weighted by Gasteiger charge is -2.15. The van der Waals surface area contributed by atoms with E-state index < -0.39 is 5.97 Å². The molecule has 1 N–H and O–H groups in total. The molecule has 0 bridgehead atoms. The maximum Gasteiger partial charge on any atom is 0.339 e. The SMILES string of the molecule is C[C@H](NC(=O)COC(=O)c1ccccc1-c1ccccc1)c1cccc(Cl)c1. The molecule has 0 unspecified atom stereocenters. The number of carbonyl (C=O) groups is 2. The van der Waals surface area contributed by atoms with Gasteiger partial charge in [-0.25, -0.2) is 4.79 Å². The molecule has 0 aliphatic carbocycles. The van der Waals surface area contributed by atoms with Gasteiger partial charge in [0.05, 0.1) is 11.6 Å². The molecule has 0 aliphatic heterocycles. The van der Waals surface area contributed by atoms with Crippen molar-refractivity contribution >= 4 is 23.5 Å². The standard InChI is InChI=1S/C23H20ClNO3/c1-16(18-10-7-11-19(24)14-18)25-22(26)15-28-23(27)21-13-6-5-12-20(21)17-8-3-2-4-9-17/h2-14,16H,15H2,1H3,(H,25,26)/t16-/m0/s1. The van der Waals surface area contributed by atoms with Crippen molar-refractivity contribution in [1.82, 2.24) is 5.32 Å². The van der Waals surface area contributed by atoms with Crippen LogP contribution in [0.4, 0.5) is 0 Å². The van der Waals surface area contributed by atoms with Crippen LogP contribution >= 0.6 is 11.6 Å². The van der Waals surface area contributed by atoms with Crippen molar-refractivity contribution in [1.29, 1.82) is 0 Å². The van der Waals surface area contributed by atoms with Crippen molar-refractivity contribution in [3.05, 3.63) is 95.0 Å². The summed E-state index contributed by atoms with van der Waals surface area (Å²) in [5.74, 6) is -0.914. The van der Waals surface area contributed by atoms with E-state index in [-0.39, 0.29) is 18.6 Å². The second-order valence-corrected chi connectivity index (χ2v) is 6.77. The smallest absolute Gasteiger partial charge is 0.339 e. The van der Waals surface area contributed by atoms with Gasteiger partial charge < -0.3 is 10.1 Å². The minimum absolute atomic E-state index is 0.249. The van der Waals surface area contributed by atoms with Gasteiger partial charge in [0.15, 0.2) is 6.61 Å². The first-order valence-corrected chi connectivity index (χ1v) is 9.29. The zero-order valence-corrected chi connectivity index (χ0v) is 16.1. The average molecular weight is 394 g/mol. The maximum atomic E-state index is 12.5. The number of hydrogen-bond donors (Lipinski definition) is 1. The lowest BCUT2D eigenvalue weighted by molar-refractivity contribution is -0.124. The number of nitrogens with one attached hydrogen (secondary N) is 1. The third-order valence-corrected chi connectivity index (χ3v) is 4.53. The fraction of sp³-hybridized carbons (Fsp3) is 0.130. The fourth-order valence-electron chi connectivity index (χ4n) is 2.88. The Morgan fingerprint density at radius 1 is 0.964 bits per heavy atom. The van der Waals surface area contributed by atoms with Crippen molar-refractivity contribution in [3.63, 3.8) is 0 Å². The van der Waals surface area contributed by atoms with Crippen LogP contribution in [0.25, 0.3) is 11.1 Å². The number of halogens is 1. The third-order valence-electron chi connectivity index (χ3n) is 4.29. The predicted octanol–water partition coefficient (Wildman–Crippen LogP) is 5.04. The molecule has 3 aromatic carbocycles. The highest BCUT2D eigenvalue weighted by Crippen LogP contribution is 2.24. The van der Waals surface area contributed by atoms with Gasteiger partial charge in [-0.05, 0) is 41.8 Å². The van der Waals surface area contributed by atoms with Crippen LogP contribution in [0.1, 0.15) is 28.9 Å². The number of carbonyl (C=O) groups excluding carboxylic acids is 2. The molecule has 0 aliphatic rings. The monoisotopic (exact) mass is 393 g/mol. The Morgan fingerprint density at radius 3 is 2.43 bits per heavy atom. The molecular weight excluding hydrogens is 374 g/mol. The van der Waals surface area contributed by atoms with Gasteiger partial charge in [-0.1, -0.05) is 72.3 Å². The van der Waals surface area contributed by atoms with Crippen LogP contribution in [0, 0.1) is 0 Å². The Balaban J connectivity index is 1.62. The number of ether oxygens (including phenoxy) is 1. The molecule has 4 nitrogen and oxygen atoms in total. The summed E-state index contributed by atoms with van der Waals surface area (Å²) in [4.78, 5) is 24.7. The molecule has 0 heterocycles. The van der Waals surface area contributed by atoms with E-state index >= 15 is 0 Å². The van der Waals surface area contributed by atoms with E-state index in [9.17, 15) is 9.59 Å². The first-order valence-electron chi connectivity index (χ1n) is 8.91. The Morgan fingerprint density at radius 2 is 1.68 bits per heavy atom. The lowest BCUT2D eigenvalue weighted by atomic mass is 10.00. The van der Waals surface area contributed by atoms with Crippen LogP contribution in [0.15, 0.2) is 78.9 Å². The van der Waals surface area contributed by atoms with Gasteiger partial charge in [0.25, 0.3) is 5.91 Å². The molecule has 0 saturated carbocycles. The molecule has 0 saturated heterocycles. The van der Waals surface area contributed by atoms with E-state index in [4.69, 9.17) is 16.3 Å². The second kappa shape index (κ2) is 9.20. The quantitative estimate of drug-likeness (QED) is 0.597.